The van der Waals surface area contributed by atoms with E-state index in [1.165, 1.54) is 6.07 Å². The van der Waals surface area contributed by atoms with Gasteiger partial charge in [0, 0.05) is 5.39 Å². The highest BCUT2D eigenvalue weighted by molar-refractivity contribution is 7.89. The van der Waals surface area contributed by atoms with Gasteiger partial charge >= 0.3 is 5.63 Å². The standard InChI is InChI=1S/C16H11FN2O5S/c17-11-5-7-12(8-6-11)25(22,23)19-18-15(20)13-9-10-3-1-2-4-14(10)24-16(13)21/h1-9,19H,(H,18,20). The number of nitrogens with one attached hydrogen (secondary N) is 2. The van der Waals surface area contributed by atoms with Gasteiger partial charge < -0.3 is 4.42 Å². The van der Waals surface area contributed by atoms with Crippen molar-refractivity contribution in [3.63, 3.8) is 0 Å². The van der Waals surface area contributed by atoms with E-state index in [0.29, 0.717) is 11.0 Å². The Kier molecular flexibility index (Phi) is 4.34. The van der Waals surface area contributed by atoms with Crippen LogP contribution < -0.4 is 15.9 Å². The zero-order valence-corrected chi connectivity index (χ0v) is 13.3. The third-order valence-electron chi connectivity index (χ3n) is 3.31. The van der Waals surface area contributed by atoms with Crippen LogP contribution in [0.3, 0.4) is 0 Å². The van der Waals surface area contributed by atoms with E-state index in [9.17, 15) is 22.4 Å². The molecule has 0 unspecified atom stereocenters. The molecule has 2 N–H and O–H groups in total. The van der Waals surface area contributed by atoms with E-state index in [1.807, 2.05) is 10.3 Å². The van der Waals surface area contributed by atoms with Gasteiger partial charge in [-0.1, -0.05) is 18.2 Å². The molecule has 3 aromatic rings. The first-order chi connectivity index (χ1) is 11.9. The summed E-state index contributed by atoms with van der Waals surface area (Å²) in [6.45, 7) is 0. The fourth-order valence-electron chi connectivity index (χ4n) is 2.07. The second kappa shape index (κ2) is 6.46. The first-order valence-corrected chi connectivity index (χ1v) is 8.46. The van der Waals surface area contributed by atoms with Crippen molar-refractivity contribution in [2.45, 2.75) is 4.90 Å². The Labute approximate surface area is 141 Å². The van der Waals surface area contributed by atoms with Crippen molar-refractivity contribution in [2.75, 3.05) is 0 Å². The lowest BCUT2D eigenvalue weighted by Gasteiger charge is -2.08. The number of carbonyl (C=O) groups is 1. The average molecular weight is 362 g/mol. The number of fused-ring (bicyclic) bond motifs is 1. The minimum absolute atomic E-state index is 0.250. The van der Waals surface area contributed by atoms with Gasteiger partial charge in [0.1, 0.15) is 17.0 Å². The zero-order chi connectivity index (χ0) is 18.0. The van der Waals surface area contributed by atoms with E-state index in [4.69, 9.17) is 4.42 Å². The van der Waals surface area contributed by atoms with Crippen LogP contribution in [0.15, 0.2) is 68.7 Å². The quantitative estimate of drug-likeness (QED) is 0.541. The van der Waals surface area contributed by atoms with Crippen molar-refractivity contribution in [3.8, 4) is 0 Å². The summed E-state index contributed by atoms with van der Waals surface area (Å²) in [7, 11) is -4.12. The molecule has 7 nitrogen and oxygen atoms in total. The fourth-order valence-corrected chi connectivity index (χ4v) is 2.91. The molecule has 0 bridgehead atoms. The number of rotatable bonds is 4. The van der Waals surface area contributed by atoms with Gasteiger partial charge in [0.15, 0.2) is 0 Å². The van der Waals surface area contributed by atoms with Crippen LogP contribution in [0.1, 0.15) is 10.4 Å². The van der Waals surface area contributed by atoms with Crippen LogP contribution in [-0.2, 0) is 10.0 Å². The first-order valence-electron chi connectivity index (χ1n) is 6.97. The third-order valence-corrected chi connectivity index (χ3v) is 4.57. The maximum Gasteiger partial charge on any atom is 0.349 e. The molecule has 0 aliphatic rings. The van der Waals surface area contributed by atoms with Gasteiger partial charge in [0.05, 0.1) is 4.90 Å². The molecule has 1 amide bonds. The van der Waals surface area contributed by atoms with Gasteiger partial charge in [0.2, 0.25) is 0 Å². The Bertz CT molecular complexity index is 1110. The highest BCUT2D eigenvalue weighted by atomic mass is 32.2. The molecule has 0 saturated heterocycles. The molecule has 128 valence electrons. The van der Waals surface area contributed by atoms with E-state index < -0.39 is 27.4 Å². The summed E-state index contributed by atoms with van der Waals surface area (Å²) in [4.78, 5) is 25.5. The minimum Gasteiger partial charge on any atom is -0.422 e. The highest BCUT2D eigenvalue weighted by Crippen LogP contribution is 2.13. The normalized spacial score (nSPS) is 11.4. The Morgan fingerprint density at radius 1 is 1.04 bits per heavy atom. The molecular weight excluding hydrogens is 351 g/mol. The average Bonchev–Trinajstić information content (AvgIpc) is 2.59. The summed E-state index contributed by atoms with van der Waals surface area (Å²) in [5.41, 5.74) is 0.963. The molecule has 25 heavy (non-hydrogen) atoms. The number of hydrogen-bond acceptors (Lipinski definition) is 5. The molecule has 0 radical (unpaired) electrons. The Balaban J connectivity index is 1.82. The Hall–Kier alpha value is -3.04. The van der Waals surface area contributed by atoms with E-state index in [2.05, 4.69) is 0 Å². The fraction of sp³-hybridized carbons (Fsp3) is 0. The van der Waals surface area contributed by atoms with Gasteiger partial charge in [-0.25, -0.2) is 17.6 Å². The highest BCUT2D eigenvalue weighted by Gasteiger charge is 2.18. The molecule has 1 heterocycles. The van der Waals surface area contributed by atoms with Crippen LogP contribution in [0.5, 0.6) is 0 Å². The number of sulfonamides is 1. The molecule has 2 aromatic carbocycles. The molecule has 3 rings (SSSR count). The van der Waals surface area contributed by atoms with Crippen LogP contribution in [0.25, 0.3) is 11.0 Å². The number of hydrogen-bond donors (Lipinski definition) is 2. The molecule has 9 heteroatoms. The van der Waals surface area contributed by atoms with Crippen molar-refractivity contribution in [3.05, 3.63) is 76.4 Å². The molecule has 0 aliphatic heterocycles. The van der Waals surface area contributed by atoms with E-state index in [0.717, 1.165) is 24.3 Å². The minimum atomic E-state index is -4.12. The number of hydrazine groups is 1. The smallest absolute Gasteiger partial charge is 0.349 e. The Morgan fingerprint density at radius 3 is 2.44 bits per heavy atom. The van der Waals surface area contributed by atoms with Gasteiger partial charge in [-0.15, -0.1) is 4.83 Å². The lowest BCUT2D eigenvalue weighted by molar-refractivity contribution is 0.0941. The van der Waals surface area contributed by atoms with Gasteiger partial charge in [-0.05, 0) is 36.4 Å². The van der Waals surface area contributed by atoms with Crippen LogP contribution in [-0.4, -0.2) is 14.3 Å². The van der Waals surface area contributed by atoms with Gasteiger partial charge in [-0.3, -0.25) is 10.2 Å². The van der Waals surface area contributed by atoms with Gasteiger partial charge in [0.25, 0.3) is 15.9 Å². The summed E-state index contributed by atoms with van der Waals surface area (Å²) in [5.74, 6) is -1.58. The monoisotopic (exact) mass is 362 g/mol. The molecule has 0 saturated carbocycles. The van der Waals surface area contributed by atoms with Crippen molar-refractivity contribution >= 4 is 26.9 Å². The lowest BCUT2D eigenvalue weighted by Crippen LogP contribution is -2.42. The van der Waals surface area contributed by atoms with Gasteiger partial charge in [-0.2, -0.15) is 0 Å². The largest absolute Gasteiger partial charge is 0.422 e. The van der Waals surface area contributed by atoms with Crippen LogP contribution in [0.4, 0.5) is 4.39 Å². The molecule has 0 aliphatic carbocycles. The number of para-hydroxylation sites is 1. The molecular formula is C16H11FN2O5S. The molecule has 1 aromatic heterocycles. The predicted molar refractivity (Wildman–Crippen MR) is 86.7 cm³/mol. The van der Waals surface area contributed by atoms with E-state index in [-0.39, 0.29) is 10.5 Å². The summed E-state index contributed by atoms with van der Waals surface area (Å²) in [6.07, 6.45) is 0. The first kappa shape index (κ1) is 16.8. The maximum atomic E-state index is 12.9. The predicted octanol–water partition coefficient (Wildman–Crippen LogP) is 1.56. The van der Waals surface area contributed by atoms with Crippen molar-refractivity contribution in [1.82, 2.24) is 10.3 Å². The van der Waals surface area contributed by atoms with Crippen LogP contribution >= 0.6 is 0 Å². The second-order valence-corrected chi connectivity index (χ2v) is 6.68. The Morgan fingerprint density at radius 2 is 1.72 bits per heavy atom. The van der Waals surface area contributed by atoms with Crippen molar-refractivity contribution in [2.24, 2.45) is 0 Å². The lowest BCUT2D eigenvalue weighted by atomic mass is 10.2. The summed E-state index contributed by atoms with van der Waals surface area (Å²) in [6, 6.07) is 11.9. The summed E-state index contributed by atoms with van der Waals surface area (Å²) >= 11 is 0. The van der Waals surface area contributed by atoms with Crippen LogP contribution in [0.2, 0.25) is 0 Å². The number of amides is 1. The second-order valence-electron chi connectivity index (χ2n) is 5.00. The number of halogens is 1. The molecule has 0 spiro atoms. The SMILES string of the molecule is O=C(NNS(=O)(=O)c1ccc(F)cc1)c1cc2ccccc2oc1=O. The summed E-state index contributed by atoms with van der Waals surface area (Å²) in [5, 5.41) is 0.508. The third kappa shape index (κ3) is 3.57. The van der Waals surface area contributed by atoms with Crippen molar-refractivity contribution in [1.29, 1.82) is 0 Å². The molecule has 0 fully saturated rings. The van der Waals surface area contributed by atoms with E-state index >= 15 is 0 Å². The number of carbonyl (C=O) groups excluding carboxylic acids is 1. The molecule has 0 atom stereocenters. The summed E-state index contributed by atoms with van der Waals surface area (Å²) < 4.78 is 41.9. The topological polar surface area (TPSA) is 105 Å². The number of benzene rings is 2. The zero-order valence-electron chi connectivity index (χ0n) is 12.5. The van der Waals surface area contributed by atoms with Crippen molar-refractivity contribution < 1.29 is 22.0 Å². The van der Waals surface area contributed by atoms with E-state index in [1.54, 1.807) is 24.3 Å². The van der Waals surface area contributed by atoms with Crippen LogP contribution in [0, 0.1) is 5.82 Å². The maximum absolute atomic E-state index is 12.9.